The van der Waals surface area contributed by atoms with Crippen molar-refractivity contribution in [2.75, 3.05) is 18.0 Å². The number of carboxylic acid groups (broad SMARTS) is 1. The highest BCUT2D eigenvalue weighted by atomic mass is 16.4. The predicted molar refractivity (Wildman–Crippen MR) is 91.1 cm³/mol. The number of fused-ring (bicyclic) bond motifs is 1. The molecule has 2 atom stereocenters. The number of pyridine rings is 1. The Morgan fingerprint density at radius 3 is 2.83 bits per heavy atom. The topological polar surface area (TPSA) is 73.7 Å². The molecule has 1 saturated carbocycles. The van der Waals surface area contributed by atoms with Crippen molar-refractivity contribution in [3.8, 4) is 17.0 Å². The maximum absolute atomic E-state index is 11.4. The van der Waals surface area contributed by atoms with Crippen molar-refractivity contribution in [3.05, 3.63) is 42.0 Å². The highest BCUT2D eigenvalue weighted by Gasteiger charge is 2.62. The van der Waals surface area contributed by atoms with E-state index in [9.17, 15) is 15.0 Å². The van der Waals surface area contributed by atoms with Gasteiger partial charge in [-0.15, -0.1) is 0 Å². The van der Waals surface area contributed by atoms with Crippen LogP contribution in [0.2, 0.25) is 0 Å². The van der Waals surface area contributed by atoms with E-state index in [4.69, 9.17) is 4.98 Å². The smallest absolute Gasteiger partial charge is 0.310 e. The summed E-state index contributed by atoms with van der Waals surface area (Å²) in [5.74, 6) is 0.673. The van der Waals surface area contributed by atoms with Crippen molar-refractivity contribution in [2.45, 2.75) is 19.8 Å². The third-order valence-corrected chi connectivity index (χ3v) is 5.50. The monoisotopic (exact) mass is 324 g/mol. The highest BCUT2D eigenvalue weighted by molar-refractivity contribution is 5.79. The number of piperidine rings is 1. The molecule has 0 amide bonds. The lowest BCUT2D eigenvalue weighted by Crippen LogP contribution is -2.38. The zero-order valence-electron chi connectivity index (χ0n) is 13.6. The van der Waals surface area contributed by atoms with Crippen LogP contribution in [0.4, 0.5) is 5.82 Å². The van der Waals surface area contributed by atoms with Gasteiger partial charge in [0.15, 0.2) is 0 Å². The Balaban J connectivity index is 1.60. The minimum Gasteiger partial charge on any atom is -0.507 e. The Labute approximate surface area is 140 Å². The molecule has 5 heteroatoms. The van der Waals surface area contributed by atoms with E-state index < -0.39 is 11.4 Å². The number of phenolic OH excluding ortho intramolecular Hbond substituents is 1. The van der Waals surface area contributed by atoms with Gasteiger partial charge < -0.3 is 15.1 Å². The van der Waals surface area contributed by atoms with Gasteiger partial charge in [-0.2, -0.15) is 0 Å². The normalized spacial score (nSPS) is 25.2. The molecule has 2 aliphatic rings. The number of rotatable bonds is 3. The van der Waals surface area contributed by atoms with Crippen LogP contribution in [0.25, 0.3) is 11.3 Å². The molecule has 1 aromatic heterocycles. The van der Waals surface area contributed by atoms with Crippen molar-refractivity contribution < 1.29 is 15.0 Å². The van der Waals surface area contributed by atoms with Crippen LogP contribution in [0.1, 0.15) is 18.4 Å². The van der Waals surface area contributed by atoms with Crippen LogP contribution in [-0.2, 0) is 4.79 Å². The molecular weight excluding hydrogens is 304 g/mol. The van der Waals surface area contributed by atoms with E-state index in [0.717, 1.165) is 35.6 Å². The van der Waals surface area contributed by atoms with Crippen LogP contribution in [0.15, 0.2) is 36.4 Å². The number of aryl methyl sites for hydroxylation is 1. The molecule has 2 fully saturated rings. The number of hydrogen-bond acceptors (Lipinski definition) is 4. The van der Waals surface area contributed by atoms with Crippen LogP contribution in [0.3, 0.4) is 0 Å². The molecule has 2 N–H and O–H groups in total. The SMILES string of the molecule is Cc1cccc(-c2cccc(N3CC[C@@]4(C(=O)O)C[C@H]4C3)n2)c1O. The molecule has 4 rings (SSSR count). The largest absolute Gasteiger partial charge is 0.507 e. The quantitative estimate of drug-likeness (QED) is 0.908. The lowest BCUT2D eigenvalue weighted by molar-refractivity contribution is -0.144. The first-order valence-electron chi connectivity index (χ1n) is 8.25. The van der Waals surface area contributed by atoms with E-state index in [1.807, 2.05) is 43.3 Å². The van der Waals surface area contributed by atoms with Crippen molar-refractivity contribution in [1.82, 2.24) is 4.98 Å². The third-order valence-electron chi connectivity index (χ3n) is 5.50. The average molecular weight is 324 g/mol. The fraction of sp³-hybridized carbons (Fsp3) is 0.368. The van der Waals surface area contributed by atoms with Crippen LogP contribution < -0.4 is 4.90 Å². The summed E-state index contributed by atoms with van der Waals surface area (Å²) in [4.78, 5) is 18.3. The minimum atomic E-state index is -0.654. The number of phenols is 1. The fourth-order valence-electron chi connectivity index (χ4n) is 3.81. The van der Waals surface area contributed by atoms with Crippen molar-refractivity contribution in [3.63, 3.8) is 0 Å². The molecule has 0 radical (unpaired) electrons. The van der Waals surface area contributed by atoms with Crippen LogP contribution in [0, 0.1) is 18.3 Å². The van der Waals surface area contributed by atoms with Gasteiger partial charge in [0.25, 0.3) is 0 Å². The Kier molecular flexibility index (Phi) is 3.27. The average Bonchev–Trinajstić information content (AvgIpc) is 3.33. The van der Waals surface area contributed by atoms with Gasteiger partial charge in [-0.3, -0.25) is 4.79 Å². The summed E-state index contributed by atoms with van der Waals surface area (Å²) in [6.45, 7) is 3.31. The molecule has 2 aromatic rings. The molecule has 0 bridgehead atoms. The summed E-state index contributed by atoms with van der Waals surface area (Å²) in [6, 6.07) is 11.4. The van der Waals surface area contributed by atoms with Crippen molar-refractivity contribution >= 4 is 11.8 Å². The summed E-state index contributed by atoms with van der Waals surface area (Å²) in [7, 11) is 0. The zero-order chi connectivity index (χ0) is 16.9. The van der Waals surface area contributed by atoms with Gasteiger partial charge in [-0.1, -0.05) is 18.2 Å². The number of nitrogens with zero attached hydrogens (tertiary/aromatic N) is 2. The summed E-state index contributed by atoms with van der Waals surface area (Å²) >= 11 is 0. The molecule has 124 valence electrons. The summed E-state index contributed by atoms with van der Waals surface area (Å²) < 4.78 is 0. The fourth-order valence-corrected chi connectivity index (χ4v) is 3.81. The number of aromatic nitrogens is 1. The second kappa shape index (κ2) is 5.23. The van der Waals surface area contributed by atoms with Gasteiger partial charge in [0.1, 0.15) is 11.6 Å². The number of hydrogen-bond donors (Lipinski definition) is 2. The highest BCUT2D eigenvalue weighted by Crippen LogP contribution is 2.58. The van der Waals surface area contributed by atoms with Crippen molar-refractivity contribution in [2.24, 2.45) is 11.3 Å². The van der Waals surface area contributed by atoms with Crippen LogP contribution in [-0.4, -0.2) is 34.3 Å². The van der Waals surface area contributed by atoms with Crippen LogP contribution >= 0.6 is 0 Å². The number of carbonyl (C=O) groups is 1. The Morgan fingerprint density at radius 1 is 1.29 bits per heavy atom. The summed E-state index contributed by atoms with van der Waals surface area (Å²) in [5.41, 5.74) is 1.80. The first-order chi connectivity index (χ1) is 11.5. The summed E-state index contributed by atoms with van der Waals surface area (Å²) in [5, 5.41) is 19.7. The van der Waals surface area contributed by atoms with E-state index in [-0.39, 0.29) is 11.7 Å². The molecule has 24 heavy (non-hydrogen) atoms. The van der Waals surface area contributed by atoms with E-state index >= 15 is 0 Å². The molecule has 1 aliphatic carbocycles. The molecular formula is C19H20N2O3. The third kappa shape index (κ3) is 2.23. The van der Waals surface area contributed by atoms with E-state index in [2.05, 4.69) is 4.90 Å². The van der Waals surface area contributed by atoms with Gasteiger partial charge in [0.05, 0.1) is 11.1 Å². The van der Waals surface area contributed by atoms with Gasteiger partial charge in [-0.05, 0) is 49.4 Å². The molecule has 0 spiro atoms. The Bertz CT molecular complexity index is 820. The zero-order valence-corrected chi connectivity index (χ0v) is 13.6. The first kappa shape index (κ1) is 15.0. The molecule has 1 saturated heterocycles. The lowest BCUT2D eigenvalue weighted by Gasteiger charge is -2.30. The number of aliphatic carboxylic acids is 1. The van der Waals surface area contributed by atoms with Gasteiger partial charge in [0, 0.05) is 18.7 Å². The van der Waals surface area contributed by atoms with Crippen molar-refractivity contribution in [1.29, 1.82) is 0 Å². The number of carboxylic acids is 1. The number of anilines is 1. The second-order valence-electron chi connectivity index (χ2n) is 6.91. The van der Waals surface area contributed by atoms with E-state index in [0.29, 0.717) is 13.0 Å². The maximum Gasteiger partial charge on any atom is 0.310 e. The van der Waals surface area contributed by atoms with E-state index in [1.165, 1.54) is 0 Å². The molecule has 1 aromatic carbocycles. The lowest BCUT2D eigenvalue weighted by atomic mass is 9.95. The minimum absolute atomic E-state index is 0.224. The van der Waals surface area contributed by atoms with Gasteiger partial charge >= 0.3 is 5.97 Å². The van der Waals surface area contributed by atoms with E-state index in [1.54, 1.807) is 0 Å². The molecule has 0 unspecified atom stereocenters. The molecule has 2 heterocycles. The number of para-hydroxylation sites is 1. The van der Waals surface area contributed by atoms with Gasteiger partial charge in [0.2, 0.25) is 0 Å². The van der Waals surface area contributed by atoms with Gasteiger partial charge in [-0.25, -0.2) is 4.98 Å². The number of benzene rings is 1. The first-order valence-corrected chi connectivity index (χ1v) is 8.25. The van der Waals surface area contributed by atoms with Crippen LogP contribution in [0.5, 0.6) is 5.75 Å². The second-order valence-corrected chi connectivity index (χ2v) is 6.91. The summed E-state index contributed by atoms with van der Waals surface area (Å²) in [6.07, 6.45) is 1.45. The Hall–Kier alpha value is -2.56. The molecule has 1 aliphatic heterocycles. The predicted octanol–water partition coefficient (Wildman–Crippen LogP) is 3.06. The standard InChI is InChI=1S/C19H20N2O3/c1-12-4-2-5-14(17(12)22)15-6-3-7-16(20-15)21-9-8-19(18(23)24)10-13(19)11-21/h2-7,13,22H,8-11H2,1H3,(H,23,24)/t13-,19+/m0/s1. The molecule has 5 nitrogen and oxygen atoms in total. The Morgan fingerprint density at radius 2 is 2.08 bits per heavy atom. The maximum atomic E-state index is 11.4. The number of aromatic hydroxyl groups is 1.